The molecule has 0 N–H and O–H groups in total. The van der Waals surface area contributed by atoms with Gasteiger partial charge in [-0.25, -0.2) is 0 Å². The van der Waals surface area contributed by atoms with Gasteiger partial charge in [0, 0.05) is 62.1 Å². The van der Waals surface area contributed by atoms with Crippen LogP contribution in [0.1, 0.15) is 48.6 Å². The van der Waals surface area contributed by atoms with E-state index in [2.05, 4.69) is 498 Å². The second-order valence-electron chi connectivity index (χ2n) is 36.3. The van der Waals surface area contributed by atoms with Crippen molar-refractivity contribution in [1.29, 1.82) is 0 Å². The van der Waals surface area contributed by atoms with Gasteiger partial charge in [-0.2, -0.15) is 0 Å². The molecule has 0 saturated heterocycles. The molecule has 0 saturated carbocycles. The maximum atomic E-state index is 8.53. The second-order valence-corrected chi connectivity index (χ2v) is 36.3. The molecule has 25 rings (SSSR count). The Kier molecular flexibility index (Phi) is 18.3. The molecule has 0 fully saturated rings. The van der Waals surface area contributed by atoms with Crippen LogP contribution in [0.3, 0.4) is 0 Å². The molecule has 131 heavy (non-hydrogen) atoms. The van der Waals surface area contributed by atoms with E-state index in [1.54, 1.807) is 0 Å². The van der Waals surface area contributed by atoms with Crippen molar-refractivity contribution in [3.63, 3.8) is 0 Å². The molecule has 4 heterocycles. The van der Waals surface area contributed by atoms with E-state index in [9.17, 15) is 0 Å². The molecule has 20 aromatic carbocycles. The van der Waals surface area contributed by atoms with Crippen LogP contribution in [-0.4, -0.2) is 13.4 Å². The van der Waals surface area contributed by atoms with Gasteiger partial charge in [0.25, 0.3) is 13.4 Å². The molecule has 4 aliphatic heterocycles. The molecule has 0 unspecified atom stereocenters. The molecule has 0 spiro atoms. The lowest BCUT2D eigenvalue weighted by molar-refractivity contribution is 0.468. The van der Waals surface area contributed by atoms with Gasteiger partial charge in [-0.1, -0.05) is 451 Å². The number of para-hydroxylation sites is 2. The molecule has 0 bridgehead atoms. The lowest BCUT2D eigenvalue weighted by Gasteiger charge is -2.48. The first-order valence-corrected chi connectivity index (χ1v) is 45.7. The third-order valence-corrected chi connectivity index (χ3v) is 28.0. The summed E-state index contributed by atoms with van der Waals surface area (Å²) in [6.45, 7) is 6.20. The van der Waals surface area contributed by atoms with Gasteiger partial charge in [-0.3, -0.25) is 0 Å². The lowest BCUT2D eigenvalue weighted by Crippen LogP contribution is -2.65. The van der Waals surface area contributed by atoms with E-state index in [4.69, 9.17) is 9.47 Å². The predicted octanol–water partition coefficient (Wildman–Crippen LogP) is 28.8. The van der Waals surface area contributed by atoms with Crippen LogP contribution in [0.4, 0.5) is 34.1 Å². The Bertz CT molecular complexity index is 7690. The lowest BCUT2D eigenvalue weighted by atomic mass is 9.30. The van der Waals surface area contributed by atoms with Gasteiger partial charge in [0.15, 0.2) is 0 Å². The molecule has 0 aromatic heterocycles. The molecular weight excluding hydrogens is 1580 g/mol. The molecule has 5 aliphatic rings. The van der Waals surface area contributed by atoms with Crippen molar-refractivity contribution in [3.05, 3.63) is 495 Å². The minimum Gasteiger partial charge on any atom is -0.459 e. The van der Waals surface area contributed by atoms with Crippen molar-refractivity contribution in [3.8, 4) is 145 Å². The number of rotatable bonds is 14. The number of fused-ring (bicyclic) bond motifs is 12. The summed E-state index contributed by atoms with van der Waals surface area (Å²) in [5.74, 6) is 3.08. The second kappa shape index (κ2) is 31.1. The van der Waals surface area contributed by atoms with Gasteiger partial charge in [-0.15, -0.1) is 0 Å². The van der Waals surface area contributed by atoms with Gasteiger partial charge in [-0.05, 0) is 185 Å². The van der Waals surface area contributed by atoms with Crippen LogP contribution < -0.4 is 52.1 Å². The third kappa shape index (κ3) is 12.5. The number of benzene rings is 20. The zero-order valence-electron chi connectivity index (χ0n) is 72.8. The van der Waals surface area contributed by atoms with Crippen molar-refractivity contribution >= 4 is 80.3 Å². The zero-order chi connectivity index (χ0) is 87.0. The molecule has 20 aromatic rings. The van der Waals surface area contributed by atoms with E-state index in [0.717, 1.165) is 190 Å². The Labute approximate surface area is 766 Å². The summed E-state index contributed by atoms with van der Waals surface area (Å²) in [7, 11) is 0. The number of anilines is 6. The standard InChI is InChI=1S/C125H86B2N2O2/c1-124(2,3)97-78-111-117-112(79-97)129(121-98(88-46-23-9-24-47-88)55-33-56-99(121)89-48-25-10-26-49-89)113-80-115-119-123(118(113)127(117)107-75-92(83-40-17-6-18-41-83)70-72-110(107)128(111)120-100(90-66-62-86(63-67-90)81-36-13-4-14-37-81)57-34-58-101(120)91-68-64-87(65-69-91)82-38-15-5-16-39-82)130-114-73-71-93(84-42-19-7-20-43-84)76-108(114)126(119)109-77-94(85-44-21-8-22-45-85)74-104(122(109)131-115)102-59-35-61-106-116(102)103-54-31-32-60-105(103)125(106,95-50-27-11-28-51-95)96-52-29-12-30-53-96/h4-80H,1-3H3. The maximum absolute atomic E-state index is 8.53. The fourth-order valence-corrected chi connectivity index (χ4v) is 22.1. The monoisotopic (exact) mass is 1670 g/mol. The van der Waals surface area contributed by atoms with Crippen LogP contribution in [0.25, 0.3) is 122 Å². The number of hydrogen-bond donors (Lipinski definition) is 0. The zero-order valence-corrected chi connectivity index (χ0v) is 72.8. The largest absolute Gasteiger partial charge is 0.459 e. The van der Waals surface area contributed by atoms with Gasteiger partial charge in [0.05, 0.1) is 16.8 Å². The summed E-state index contributed by atoms with van der Waals surface area (Å²) in [4.78, 5) is 5.35. The van der Waals surface area contributed by atoms with Crippen LogP contribution >= 0.6 is 0 Å². The molecule has 614 valence electrons. The average molecular weight is 1670 g/mol. The van der Waals surface area contributed by atoms with Gasteiger partial charge in [0.2, 0.25) is 0 Å². The molecular formula is C125H86B2N2O2. The normalized spacial score (nSPS) is 13.1. The van der Waals surface area contributed by atoms with Crippen molar-refractivity contribution in [2.45, 2.75) is 31.6 Å². The molecule has 0 atom stereocenters. The van der Waals surface area contributed by atoms with Gasteiger partial charge < -0.3 is 19.3 Å². The van der Waals surface area contributed by atoms with Crippen LogP contribution in [-0.2, 0) is 10.8 Å². The van der Waals surface area contributed by atoms with E-state index in [1.165, 1.54) is 50.1 Å². The third-order valence-electron chi connectivity index (χ3n) is 28.0. The smallest absolute Gasteiger partial charge is 0.260 e. The Morgan fingerprint density at radius 3 is 1.07 bits per heavy atom. The first-order chi connectivity index (χ1) is 64.6. The molecule has 4 nitrogen and oxygen atoms in total. The van der Waals surface area contributed by atoms with Crippen molar-refractivity contribution < 1.29 is 9.47 Å². The fraction of sp³-hybridized carbons (Fsp3) is 0.0400. The Balaban J connectivity index is 0.822. The first kappa shape index (κ1) is 77.1. The minimum atomic E-state index is -0.677. The quantitative estimate of drug-likeness (QED) is 0.101. The number of ether oxygens (including phenoxy) is 2. The summed E-state index contributed by atoms with van der Waals surface area (Å²) in [5.41, 5.74) is 42.0. The fourth-order valence-electron chi connectivity index (χ4n) is 22.1. The highest BCUT2D eigenvalue weighted by Gasteiger charge is 2.53. The van der Waals surface area contributed by atoms with E-state index in [1.807, 2.05) is 0 Å². The average Bonchev–Trinajstić information content (AvgIpc) is 1.55. The molecule has 6 heteroatoms. The maximum Gasteiger partial charge on any atom is 0.260 e. The number of hydrogen-bond acceptors (Lipinski definition) is 4. The summed E-state index contributed by atoms with van der Waals surface area (Å²) in [5, 5.41) is 0. The summed E-state index contributed by atoms with van der Waals surface area (Å²) < 4.78 is 17.0. The Hall–Kier alpha value is -16.3. The van der Waals surface area contributed by atoms with Crippen LogP contribution in [0, 0.1) is 0 Å². The van der Waals surface area contributed by atoms with Crippen LogP contribution in [0.15, 0.2) is 467 Å². The first-order valence-electron chi connectivity index (χ1n) is 45.7. The van der Waals surface area contributed by atoms with Crippen molar-refractivity contribution in [2.75, 3.05) is 9.80 Å². The SMILES string of the molecule is CC(C)(C)c1cc2c3c(c1)N(c1c(-c4ccccc4)cccc1-c1ccccc1)c1cc4c5c(c1B3c1cc(-c3ccccc3)ccc1N2c1c(-c2ccc(-c3ccccc3)cc2)cccc1-c1ccc(-c2ccccc2)cc1)Oc1ccc(-c2ccccc2)cc1B5c1cc(-c2ccccc2)cc(-c2cccc3c2-c2ccccc2C3(c2ccccc2)c2ccccc2)c1O4. The molecule has 0 radical (unpaired) electrons. The van der Waals surface area contributed by atoms with Gasteiger partial charge in [0.1, 0.15) is 23.0 Å². The summed E-state index contributed by atoms with van der Waals surface area (Å²) in [6.07, 6.45) is 0. The summed E-state index contributed by atoms with van der Waals surface area (Å²) >= 11 is 0. The highest BCUT2D eigenvalue weighted by Crippen LogP contribution is 2.61. The van der Waals surface area contributed by atoms with Crippen molar-refractivity contribution in [2.24, 2.45) is 0 Å². The van der Waals surface area contributed by atoms with E-state index in [-0.39, 0.29) is 0 Å². The molecule has 1 aliphatic carbocycles. The Morgan fingerprint density at radius 2 is 0.573 bits per heavy atom. The Morgan fingerprint density at radius 1 is 0.221 bits per heavy atom. The van der Waals surface area contributed by atoms with E-state index < -0.39 is 24.3 Å². The highest BCUT2D eigenvalue weighted by molar-refractivity contribution is 7.03. The summed E-state index contributed by atoms with van der Waals surface area (Å²) in [6, 6.07) is 174. The van der Waals surface area contributed by atoms with E-state index in [0.29, 0.717) is 0 Å². The predicted molar refractivity (Wildman–Crippen MR) is 549 cm³/mol. The van der Waals surface area contributed by atoms with E-state index >= 15 is 0 Å². The molecule has 0 amide bonds. The van der Waals surface area contributed by atoms with Crippen LogP contribution in [0.2, 0.25) is 0 Å². The van der Waals surface area contributed by atoms with Crippen LogP contribution in [0.5, 0.6) is 23.0 Å². The minimum absolute atomic E-state index is 0.414. The van der Waals surface area contributed by atoms with Crippen molar-refractivity contribution in [1.82, 2.24) is 0 Å². The topological polar surface area (TPSA) is 24.9 Å². The van der Waals surface area contributed by atoms with Gasteiger partial charge >= 0.3 is 0 Å². The highest BCUT2D eigenvalue weighted by atomic mass is 16.5. The number of nitrogens with zero attached hydrogens (tertiary/aromatic N) is 2.